The van der Waals surface area contributed by atoms with Crippen molar-refractivity contribution >= 4 is 40.9 Å². The molecule has 3 atom stereocenters. The van der Waals surface area contributed by atoms with Crippen LogP contribution in [-0.4, -0.2) is 45.2 Å². The summed E-state index contributed by atoms with van der Waals surface area (Å²) in [5.41, 5.74) is 1.56. The predicted molar refractivity (Wildman–Crippen MR) is 108 cm³/mol. The minimum Gasteiger partial charge on any atom is -0.479 e. The average molecular weight is 415 g/mol. The van der Waals surface area contributed by atoms with Crippen LogP contribution in [0.15, 0.2) is 58.8 Å². The second-order valence-electron chi connectivity index (χ2n) is 6.67. The van der Waals surface area contributed by atoms with Crippen molar-refractivity contribution in [2.75, 3.05) is 0 Å². The van der Waals surface area contributed by atoms with E-state index < -0.39 is 18.1 Å². The summed E-state index contributed by atoms with van der Waals surface area (Å²) in [7, 11) is 0. The molecule has 0 radical (unpaired) electrons. The number of aliphatic carboxylic acids is 1. The Kier molecular flexibility index (Phi) is 5.23. The number of β-lactam (4-membered cyclic amide) rings is 1. The number of hydrogen-bond donors (Lipinski definition) is 2. The Hall–Kier alpha value is -2.58. The average Bonchev–Trinajstić information content (AvgIpc) is 3.19. The predicted octanol–water partition coefficient (Wildman–Crippen LogP) is 2.27. The normalized spacial score (nSPS) is 23.4. The van der Waals surface area contributed by atoms with E-state index in [9.17, 15) is 19.5 Å². The van der Waals surface area contributed by atoms with E-state index in [0.29, 0.717) is 12.0 Å². The van der Waals surface area contributed by atoms with Gasteiger partial charge in [-0.25, -0.2) is 4.79 Å². The molecule has 3 heterocycles. The topological polar surface area (TPSA) is 86.7 Å². The number of amides is 2. The minimum atomic E-state index is -1.05. The molecule has 2 aliphatic heterocycles. The first-order valence-electron chi connectivity index (χ1n) is 8.79. The molecule has 0 aliphatic carbocycles. The van der Waals surface area contributed by atoms with Gasteiger partial charge in [0, 0.05) is 11.3 Å². The van der Waals surface area contributed by atoms with Crippen molar-refractivity contribution in [1.29, 1.82) is 0 Å². The highest BCUT2D eigenvalue weighted by atomic mass is 32.2. The maximum absolute atomic E-state index is 12.7. The maximum Gasteiger partial charge on any atom is 0.330 e. The summed E-state index contributed by atoms with van der Waals surface area (Å²) in [4.78, 5) is 39.3. The molecule has 8 heteroatoms. The summed E-state index contributed by atoms with van der Waals surface area (Å²) in [6.07, 6.45) is 0.687. The molecule has 144 valence electrons. The van der Waals surface area contributed by atoms with E-state index in [-0.39, 0.29) is 23.6 Å². The van der Waals surface area contributed by atoms with Gasteiger partial charge in [0.2, 0.25) is 11.8 Å². The number of carboxylic acid groups (broad SMARTS) is 1. The highest BCUT2D eigenvalue weighted by Crippen LogP contribution is 2.41. The Morgan fingerprint density at radius 1 is 1.14 bits per heavy atom. The Morgan fingerprint density at radius 2 is 1.93 bits per heavy atom. The van der Waals surface area contributed by atoms with Gasteiger partial charge in [0.25, 0.3) is 0 Å². The SMILES string of the molecule is O=C(Cc1ccccc1)NC1C(=O)N2C(C(=O)O)C(Cc3cccs3)=CS[C@H]12. The lowest BCUT2D eigenvalue weighted by molar-refractivity contribution is -0.160. The van der Waals surface area contributed by atoms with Crippen molar-refractivity contribution < 1.29 is 19.5 Å². The number of carbonyl (C=O) groups excluding carboxylic acids is 2. The van der Waals surface area contributed by atoms with E-state index in [1.807, 2.05) is 53.3 Å². The fraction of sp³-hybridized carbons (Fsp3) is 0.250. The van der Waals surface area contributed by atoms with Gasteiger partial charge in [-0.15, -0.1) is 23.1 Å². The zero-order chi connectivity index (χ0) is 19.7. The third-order valence-electron chi connectivity index (χ3n) is 4.78. The van der Waals surface area contributed by atoms with Gasteiger partial charge in [0.05, 0.1) is 6.42 Å². The number of carboxylic acids is 1. The second kappa shape index (κ2) is 7.81. The largest absolute Gasteiger partial charge is 0.479 e. The highest BCUT2D eigenvalue weighted by molar-refractivity contribution is 8.02. The number of rotatable bonds is 6. The van der Waals surface area contributed by atoms with Gasteiger partial charge < -0.3 is 15.3 Å². The van der Waals surface area contributed by atoms with Crippen molar-refractivity contribution in [2.24, 2.45) is 0 Å². The van der Waals surface area contributed by atoms with Crippen molar-refractivity contribution in [2.45, 2.75) is 30.3 Å². The van der Waals surface area contributed by atoms with Gasteiger partial charge in [-0.1, -0.05) is 36.4 Å². The number of nitrogens with zero attached hydrogens (tertiary/aromatic N) is 1. The molecule has 2 N–H and O–H groups in total. The minimum absolute atomic E-state index is 0.184. The third kappa shape index (κ3) is 3.57. The van der Waals surface area contributed by atoms with Crippen LogP contribution in [0.2, 0.25) is 0 Å². The van der Waals surface area contributed by atoms with Crippen LogP contribution < -0.4 is 5.32 Å². The fourth-order valence-electron chi connectivity index (χ4n) is 3.47. The molecular weight excluding hydrogens is 396 g/mol. The quantitative estimate of drug-likeness (QED) is 0.708. The van der Waals surface area contributed by atoms with Gasteiger partial charge in [-0.2, -0.15) is 0 Å². The van der Waals surface area contributed by atoms with E-state index in [1.165, 1.54) is 16.7 Å². The molecule has 0 spiro atoms. The lowest BCUT2D eigenvalue weighted by Gasteiger charge is -2.51. The smallest absolute Gasteiger partial charge is 0.330 e. The third-order valence-corrected chi connectivity index (χ3v) is 6.88. The first-order chi connectivity index (χ1) is 13.5. The van der Waals surface area contributed by atoms with Crippen LogP contribution in [0.4, 0.5) is 0 Å². The monoisotopic (exact) mass is 414 g/mol. The fourth-order valence-corrected chi connectivity index (χ4v) is 5.44. The van der Waals surface area contributed by atoms with Crippen molar-refractivity contribution in [3.05, 3.63) is 69.3 Å². The van der Waals surface area contributed by atoms with Crippen LogP contribution in [-0.2, 0) is 27.2 Å². The number of fused-ring (bicyclic) bond motifs is 1. The summed E-state index contributed by atoms with van der Waals surface area (Å²) < 4.78 is 0. The molecule has 1 fully saturated rings. The highest BCUT2D eigenvalue weighted by Gasteiger charge is 2.55. The van der Waals surface area contributed by atoms with Crippen molar-refractivity contribution in [1.82, 2.24) is 10.2 Å². The summed E-state index contributed by atoms with van der Waals surface area (Å²) in [6, 6.07) is 11.5. The number of hydrogen-bond acceptors (Lipinski definition) is 5. The molecule has 2 aromatic rings. The summed E-state index contributed by atoms with van der Waals surface area (Å²) in [6.45, 7) is 0. The standard InChI is InChI=1S/C20H18N2O4S2/c23-15(9-12-5-2-1-3-6-12)21-16-18(24)22-17(20(25)26)13(11-28-19(16)22)10-14-7-4-8-27-14/h1-8,11,16-17,19H,9-10H2,(H,21,23)(H,25,26)/t16?,17?,19-/m1/s1. The molecule has 0 saturated carbocycles. The molecule has 1 saturated heterocycles. The van der Waals surface area contributed by atoms with E-state index in [1.54, 1.807) is 11.3 Å². The summed E-state index contributed by atoms with van der Waals surface area (Å²) in [5, 5.41) is 15.9. The number of nitrogens with one attached hydrogen (secondary N) is 1. The first kappa shape index (κ1) is 18.8. The van der Waals surface area contributed by atoms with Gasteiger partial charge in [0.1, 0.15) is 11.4 Å². The van der Waals surface area contributed by atoms with E-state index in [2.05, 4.69) is 5.32 Å². The zero-order valence-electron chi connectivity index (χ0n) is 14.8. The molecule has 28 heavy (non-hydrogen) atoms. The maximum atomic E-state index is 12.7. The van der Waals surface area contributed by atoms with Gasteiger partial charge >= 0.3 is 5.97 Å². The van der Waals surface area contributed by atoms with E-state index >= 15 is 0 Å². The first-order valence-corrected chi connectivity index (χ1v) is 10.6. The van der Waals surface area contributed by atoms with Crippen LogP contribution >= 0.6 is 23.1 Å². The van der Waals surface area contributed by atoms with Crippen LogP contribution in [0.3, 0.4) is 0 Å². The van der Waals surface area contributed by atoms with Gasteiger partial charge in [-0.3, -0.25) is 9.59 Å². The summed E-state index contributed by atoms with van der Waals surface area (Å²) >= 11 is 2.95. The van der Waals surface area contributed by atoms with Gasteiger partial charge in [-0.05, 0) is 28.0 Å². The van der Waals surface area contributed by atoms with Crippen LogP contribution in [0.1, 0.15) is 10.4 Å². The number of carbonyl (C=O) groups is 3. The molecule has 0 bridgehead atoms. The van der Waals surface area contributed by atoms with Crippen LogP contribution in [0.25, 0.3) is 0 Å². The molecule has 6 nitrogen and oxygen atoms in total. The van der Waals surface area contributed by atoms with Crippen molar-refractivity contribution in [3.8, 4) is 0 Å². The van der Waals surface area contributed by atoms with Crippen molar-refractivity contribution in [3.63, 3.8) is 0 Å². The lowest BCUT2D eigenvalue weighted by atomic mass is 9.95. The molecular formula is C20H18N2O4S2. The Bertz CT molecular complexity index is 927. The zero-order valence-corrected chi connectivity index (χ0v) is 16.4. The molecule has 1 aromatic carbocycles. The van der Waals surface area contributed by atoms with E-state index in [0.717, 1.165) is 10.4 Å². The lowest BCUT2D eigenvalue weighted by Crippen LogP contribution is -2.74. The Balaban J connectivity index is 1.46. The molecule has 4 rings (SSSR count). The number of benzene rings is 1. The number of thioether (sulfide) groups is 1. The Morgan fingerprint density at radius 3 is 2.61 bits per heavy atom. The van der Waals surface area contributed by atoms with Crippen LogP contribution in [0.5, 0.6) is 0 Å². The Labute approximate surface area is 170 Å². The van der Waals surface area contributed by atoms with Gasteiger partial charge in [0.15, 0.2) is 6.04 Å². The van der Waals surface area contributed by atoms with Crippen LogP contribution in [0, 0.1) is 0 Å². The molecule has 2 aliphatic rings. The molecule has 2 unspecified atom stereocenters. The number of thiophene rings is 1. The molecule has 1 aromatic heterocycles. The second-order valence-corrected chi connectivity index (χ2v) is 8.69. The van der Waals surface area contributed by atoms with E-state index in [4.69, 9.17) is 0 Å². The molecule has 2 amide bonds. The summed E-state index contributed by atoms with van der Waals surface area (Å²) in [5.74, 6) is -1.64.